The van der Waals surface area contributed by atoms with Crippen LogP contribution in [0.3, 0.4) is 0 Å². The molecule has 1 unspecified atom stereocenters. The van der Waals surface area contributed by atoms with Gasteiger partial charge < -0.3 is 56.5 Å². The molecule has 384 valence electrons. The van der Waals surface area contributed by atoms with E-state index in [1.54, 1.807) is 0 Å². The molecule has 6 aliphatic rings. The number of fused-ring (bicyclic) bond motifs is 6. The van der Waals surface area contributed by atoms with Gasteiger partial charge in [-0.25, -0.2) is 4.67 Å². The maximum Gasteiger partial charge on any atom is 0.259 e. The average Bonchev–Trinajstić information content (AvgIpc) is 4.02. The Balaban J connectivity index is 0.000000339. The minimum Gasteiger partial charge on any atom is -0.408 e. The standard InChI is InChI=1S/C17H31N2O4P.C15H30O3Si.C14H28O3Si.2CH4O/c1-7-17-11-20-15(14(6)22-17)16(17)23-24(21-10-8-9-18)19(12(2)3)13(4)5;1-10(2)15-9-16-12(11(3)17-15)13(15)18-19(7,8)14(4,5)6;1-8-14-9-15-11(10(2)16-14)12(14)17-18(6,7)13(3,4)5;2*1-2/h12-16H,7-8,10-11H2,1-6H3;10-13H,9H2,1-8H3;10-12H,8-9H2,1-7H3;2*2H,1H3/t14-,15+,16+,17+,24?;11-,12+,13+,15-;10-,11+,12+,14+;;/m000../s1/i7D;;8D;2*2T/t7-,14+,15-,16-,17-,24?;;8-,10+,11-,12-,14-;;/m1.1... The van der Waals surface area contributed by atoms with Crippen LogP contribution >= 0.6 is 8.53 Å². The van der Waals surface area contributed by atoms with Crippen LogP contribution in [-0.4, -0.2) is 159 Å². The van der Waals surface area contributed by atoms with E-state index in [4.69, 9.17) is 57.2 Å². The van der Waals surface area contributed by atoms with E-state index in [-0.39, 0.29) is 89.1 Å². The van der Waals surface area contributed by atoms with Gasteiger partial charge in [0.05, 0.1) is 57.2 Å². The quantitative estimate of drug-likeness (QED) is 0.0907. The summed E-state index contributed by atoms with van der Waals surface area (Å²) < 4.78 is 91.8. The molecule has 0 spiro atoms. The Hall–Kier alpha value is -0.166. The van der Waals surface area contributed by atoms with Gasteiger partial charge in [-0.3, -0.25) is 0 Å². The summed E-state index contributed by atoms with van der Waals surface area (Å²) in [6, 6.07) is 2.57. The maximum atomic E-state index is 8.82. The van der Waals surface area contributed by atoms with Gasteiger partial charge in [0.1, 0.15) is 53.4 Å². The molecule has 0 aromatic heterocycles. The van der Waals surface area contributed by atoms with E-state index in [0.29, 0.717) is 38.8 Å². The first-order valence-corrected chi connectivity index (χ1v) is 30.9. The number of hydrogen-bond donors (Lipinski definition) is 2. The number of rotatable bonds is 15. The van der Waals surface area contributed by atoms with Gasteiger partial charge in [0.15, 0.2) is 16.6 Å². The molecule has 17 heteroatoms. The highest BCUT2D eigenvalue weighted by atomic mass is 31.2. The number of nitriles is 1. The molecule has 0 aromatic rings. The highest BCUT2D eigenvalue weighted by Gasteiger charge is 2.65. The molecule has 6 fully saturated rings. The third-order valence-corrected chi connectivity index (χ3v) is 25.7. The smallest absolute Gasteiger partial charge is 0.259 e. The number of ether oxygens (including phenoxy) is 6. The fourth-order valence-corrected chi connectivity index (χ4v) is 13.3. The molecule has 15 atom stereocenters. The van der Waals surface area contributed by atoms with Crippen molar-refractivity contribution in [3.05, 3.63) is 0 Å². The van der Waals surface area contributed by atoms with Crippen LogP contribution in [0.15, 0.2) is 0 Å². The molecular weight excluding hydrogens is 884 g/mol. The fraction of sp³-hybridized carbons (Fsp3) is 0.979. The van der Waals surface area contributed by atoms with E-state index < -0.39 is 42.8 Å². The highest BCUT2D eigenvalue weighted by Crippen LogP contribution is 2.55. The Labute approximate surface area is 405 Å². The largest absolute Gasteiger partial charge is 0.408 e. The number of hydrogen-bond acceptors (Lipinski definition) is 14. The lowest BCUT2D eigenvalue weighted by Gasteiger charge is -2.42. The number of aliphatic hydroxyl groups excluding tert-OH is 2. The van der Waals surface area contributed by atoms with Crippen molar-refractivity contribution in [3.63, 3.8) is 0 Å². The lowest BCUT2D eigenvalue weighted by Crippen LogP contribution is -2.53. The van der Waals surface area contributed by atoms with E-state index in [1.807, 2.05) is 27.7 Å². The van der Waals surface area contributed by atoms with Crippen LogP contribution in [0.2, 0.25) is 36.3 Å². The van der Waals surface area contributed by atoms with Crippen molar-refractivity contribution in [1.82, 2.24) is 4.67 Å². The molecule has 0 aromatic carbocycles. The summed E-state index contributed by atoms with van der Waals surface area (Å²) in [5, 5.41) is 16.2. The van der Waals surface area contributed by atoms with Gasteiger partial charge in [0.2, 0.25) is 2.86 Å². The van der Waals surface area contributed by atoms with Crippen LogP contribution in [0.25, 0.3) is 0 Å². The van der Waals surface area contributed by atoms with Crippen LogP contribution in [-0.2, 0) is 46.3 Å². The average molecular weight is 987 g/mol. The van der Waals surface area contributed by atoms with Gasteiger partial charge in [0.25, 0.3) is 8.53 Å². The maximum absolute atomic E-state index is 8.82. The van der Waals surface area contributed by atoms with Gasteiger partial charge in [-0.1, -0.05) is 69.2 Å². The second-order valence-corrected chi connectivity index (χ2v) is 33.0. The molecule has 65 heavy (non-hydrogen) atoms. The first kappa shape index (κ1) is 54.2. The molecule has 2 N–H and O–H groups in total. The molecule has 14 nitrogen and oxygen atoms in total. The monoisotopic (exact) mass is 987 g/mol. The minimum absolute atomic E-state index is 0.0121. The summed E-state index contributed by atoms with van der Waals surface area (Å²) >= 11 is 0. The summed E-state index contributed by atoms with van der Waals surface area (Å²) in [6.07, 6.45) is -0.813. The zero-order chi connectivity index (χ0) is 53.5. The lowest BCUT2D eigenvalue weighted by molar-refractivity contribution is -0.157. The Morgan fingerprint density at radius 2 is 1.12 bits per heavy atom. The van der Waals surface area contributed by atoms with Crippen molar-refractivity contribution in [3.8, 4) is 6.07 Å². The minimum atomic E-state index is -1.88. The molecule has 6 bridgehead atoms. The van der Waals surface area contributed by atoms with Crippen molar-refractivity contribution in [1.29, 1.82) is 8.12 Å². The molecule has 0 aliphatic carbocycles. The molecule has 6 rings (SSSR count). The summed E-state index contributed by atoms with van der Waals surface area (Å²) in [7, 11) is -2.47. The van der Waals surface area contributed by atoms with E-state index in [9.17, 15) is 0 Å². The summed E-state index contributed by atoms with van der Waals surface area (Å²) in [4.78, 5) is 0. The van der Waals surface area contributed by atoms with E-state index in [1.165, 1.54) is 14.2 Å². The summed E-state index contributed by atoms with van der Waals surface area (Å²) in [5.41, 5.74) is -1.55. The number of nitrogens with zero attached hydrogens (tertiary/aromatic N) is 2. The van der Waals surface area contributed by atoms with Gasteiger partial charge in [-0.2, -0.15) is 5.26 Å². The van der Waals surface area contributed by atoms with Gasteiger partial charge in [-0.05, 0) is 103 Å². The van der Waals surface area contributed by atoms with Crippen LogP contribution in [0.1, 0.15) is 140 Å². The highest BCUT2D eigenvalue weighted by molar-refractivity contribution is 7.44. The van der Waals surface area contributed by atoms with Gasteiger partial charge in [-0.15, -0.1) is 0 Å². The van der Waals surface area contributed by atoms with Gasteiger partial charge in [0, 0.05) is 29.0 Å². The SMILES string of the molecule is CC(C)[C@]12CO[C@H]([C@H](C)O1)[C@H]2O[Si](C)(C)C(C)(C)C.[2H][C@H](C)[C@]12CO[C@H]([C@H](C)O1)[C@H]2OP(OCCC#N)N(C(C)C)C(C)C.[2H][C@H](C)[C@]12CO[C@H]([C@H](C)O1)[C@H]2O[Si](C)(C)C(C)(C)C.[3H]OC.[3H]OC. The lowest BCUT2D eigenvalue weighted by atomic mass is 9.87. The normalized spacial score (nSPS) is 37.1. The van der Waals surface area contributed by atoms with E-state index in [0.717, 1.165) is 0 Å². The molecule has 6 aliphatic heterocycles. The van der Waals surface area contributed by atoms with Crippen molar-refractivity contribution < 1.29 is 59.3 Å². The van der Waals surface area contributed by atoms with E-state index in [2.05, 4.69) is 137 Å². The third-order valence-electron chi connectivity index (χ3n) is 14.7. The molecule has 6 saturated heterocycles. The van der Waals surface area contributed by atoms with Crippen molar-refractivity contribution in [2.45, 2.75) is 257 Å². The Kier molecular flexibility index (Phi) is 20.3. The van der Waals surface area contributed by atoms with E-state index >= 15 is 0 Å². The van der Waals surface area contributed by atoms with Crippen LogP contribution in [0.5, 0.6) is 0 Å². The molecular formula is C48H97N2O12PSi2. The predicted octanol–water partition coefficient (Wildman–Crippen LogP) is 9.76. The molecule has 0 amide bonds. The predicted molar refractivity (Wildman–Crippen MR) is 265 cm³/mol. The van der Waals surface area contributed by atoms with Crippen molar-refractivity contribution in [2.75, 3.05) is 40.6 Å². The second-order valence-electron chi connectivity index (χ2n) is 22.1. The summed E-state index contributed by atoms with van der Waals surface area (Å²) in [5.74, 6) is 0.414. The Morgan fingerprint density at radius 1 is 0.738 bits per heavy atom. The number of aliphatic hydroxyl groups is 2. The Morgan fingerprint density at radius 3 is 1.49 bits per heavy atom. The first-order valence-electron chi connectivity index (χ1n) is 25.9. The topological polar surface area (TPSA) is 160 Å². The zero-order valence-corrected chi connectivity index (χ0v) is 47.8. The van der Waals surface area contributed by atoms with Crippen LogP contribution in [0.4, 0.5) is 0 Å². The van der Waals surface area contributed by atoms with Crippen LogP contribution in [0, 0.1) is 17.2 Å². The van der Waals surface area contributed by atoms with Crippen molar-refractivity contribution in [2.24, 2.45) is 5.92 Å². The summed E-state index contributed by atoms with van der Waals surface area (Å²) in [6.45, 7) is 47.2. The molecule has 0 saturated carbocycles. The zero-order valence-electron chi connectivity index (χ0n) is 48.9. The third kappa shape index (κ3) is 13.2. The Bertz CT molecular complexity index is 1520. The fourth-order valence-electron chi connectivity index (χ4n) is 8.84. The van der Waals surface area contributed by atoms with Gasteiger partial charge >= 0.3 is 0 Å². The first-order chi connectivity index (χ1) is 31.6. The molecule has 0 radical (unpaired) electrons. The van der Waals surface area contributed by atoms with Crippen LogP contribution < -0.4 is 0 Å². The van der Waals surface area contributed by atoms with Crippen molar-refractivity contribution >= 4 is 25.2 Å². The second kappa shape index (κ2) is 24.3. The molecule has 6 heterocycles.